The molecule has 1 amide bonds. The molecule has 0 aliphatic carbocycles. The van der Waals surface area contributed by atoms with Gasteiger partial charge in [-0.25, -0.2) is 9.97 Å². The lowest BCUT2D eigenvalue weighted by Crippen LogP contribution is -2.33. The van der Waals surface area contributed by atoms with Gasteiger partial charge in [-0.15, -0.1) is 11.3 Å². The Hall–Kier alpha value is -0.850. The first-order chi connectivity index (χ1) is 11.1. The fourth-order valence-corrected chi connectivity index (χ4v) is 5.04. The maximum absolute atomic E-state index is 12.4. The van der Waals surface area contributed by atoms with Gasteiger partial charge in [0.2, 0.25) is 5.91 Å². The molecule has 0 unspecified atom stereocenters. The van der Waals surface area contributed by atoms with Crippen molar-refractivity contribution in [1.29, 1.82) is 0 Å². The molecular weight excluding hydrogens is 350 g/mol. The van der Waals surface area contributed by atoms with Crippen molar-refractivity contribution in [3.8, 4) is 0 Å². The number of likely N-dealkylation sites (tertiary alicyclic amines) is 1. The number of amides is 1. The third-order valence-corrected chi connectivity index (χ3v) is 6.45. The third-order valence-electron chi connectivity index (χ3n) is 4.25. The lowest BCUT2D eigenvalue weighted by molar-refractivity contribution is -0.128. The van der Waals surface area contributed by atoms with E-state index in [9.17, 15) is 4.79 Å². The molecular formula is C16H20ClN3OS2. The van der Waals surface area contributed by atoms with Crippen LogP contribution in [0.2, 0.25) is 5.15 Å². The van der Waals surface area contributed by atoms with Crippen molar-refractivity contribution in [3.05, 3.63) is 15.6 Å². The summed E-state index contributed by atoms with van der Waals surface area (Å²) in [7, 11) is 0. The van der Waals surface area contributed by atoms with Crippen molar-refractivity contribution in [2.45, 2.75) is 44.7 Å². The van der Waals surface area contributed by atoms with Gasteiger partial charge in [0, 0.05) is 18.0 Å². The summed E-state index contributed by atoms with van der Waals surface area (Å²) >= 11 is 9.32. The van der Waals surface area contributed by atoms with Gasteiger partial charge in [-0.3, -0.25) is 4.79 Å². The number of carbonyl (C=O) groups excluding carboxylic acids is 1. The number of hydrogen-bond acceptors (Lipinski definition) is 5. The third kappa shape index (κ3) is 3.80. The van der Waals surface area contributed by atoms with Gasteiger partial charge in [-0.1, -0.05) is 36.2 Å². The fourth-order valence-electron chi connectivity index (χ4n) is 2.78. The molecule has 0 spiro atoms. The molecule has 2 aromatic rings. The summed E-state index contributed by atoms with van der Waals surface area (Å²) in [5, 5.41) is 2.02. The van der Waals surface area contributed by atoms with Gasteiger partial charge < -0.3 is 4.90 Å². The van der Waals surface area contributed by atoms with Gasteiger partial charge in [0.05, 0.1) is 11.1 Å². The summed E-state index contributed by atoms with van der Waals surface area (Å²) < 4.78 is 0. The van der Waals surface area contributed by atoms with Crippen LogP contribution in [0.25, 0.3) is 10.2 Å². The van der Waals surface area contributed by atoms with Crippen LogP contribution in [-0.2, 0) is 4.79 Å². The Balaban J connectivity index is 1.70. The molecule has 3 rings (SSSR count). The Kier molecular flexibility index (Phi) is 5.44. The predicted molar refractivity (Wildman–Crippen MR) is 97.7 cm³/mol. The molecule has 0 radical (unpaired) electrons. The number of thiophene rings is 1. The zero-order valence-electron chi connectivity index (χ0n) is 13.4. The molecule has 3 heterocycles. The van der Waals surface area contributed by atoms with E-state index in [0.717, 1.165) is 41.7 Å². The van der Waals surface area contributed by atoms with Gasteiger partial charge >= 0.3 is 0 Å². The summed E-state index contributed by atoms with van der Waals surface area (Å²) in [5.74, 6) is 0.556. The second-order valence-corrected chi connectivity index (χ2v) is 8.35. The highest BCUT2D eigenvalue weighted by atomic mass is 35.5. The zero-order valence-corrected chi connectivity index (χ0v) is 15.8. The monoisotopic (exact) mass is 369 g/mol. The Morgan fingerprint density at radius 3 is 2.61 bits per heavy atom. The summed E-state index contributed by atoms with van der Waals surface area (Å²) in [6.07, 6.45) is 4.67. The van der Waals surface area contributed by atoms with Crippen LogP contribution < -0.4 is 0 Å². The van der Waals surface area contributed by atoms with E-state index in [2.05, 4.69) is 16.9 Å². The number of aryl methyl sites for hydroxylation is 2. The summed E-state index contributed by atoms with van der Waals surface area (Å²) in [4.78, 5) is 25.4. The number of carbonyl (C=O) groups is 1. The maximum Gasteiger partial charge on any atom is 0.233 e. The van der Waals surface area contributed by atoms with Gasteiger partial charge in [0.15, 0.2) is 5.16 Å². The molecule has 0 saturated carbocycles. The van der Waals surface area contributed by atoms with Crippen molar-refractivity contribution >= 4 is 50.8 Å². The zero-order chi connectivity index (χ0) is 16.4. The van der Waals surface area contributed by atoms with E-state index >= 15 is 0 Å². The smallest absolute Gasteiger partial charge is 0.233 e. The molecule has 0 bridgehead atoms. The lowest BCUT2D eigenvalue weighted by atomic mass is 10.2. The standard InChI is InChI=1S/C16H20ClN3OS2/c1-10-11(2)23-15-13(10)14(17)18-16(19-15)22-9-12(21)20-7-5-3-4-6-8-20/h3-9H2,1-2H3. The Morgan fingerprint density at radius 1 is 1.22 bits per heavy atom. The van der Waals surface area contributed by atoms with Gasteiger partial charge in [0.1, 0.15) is 9.98 Å². The molecule has 1 aliphatic rings. The van der Waals surface area contributed by atoms with E-state index in [1.54, 1.807) is 11.3 Å². The highest BCUT2D eigenvalue weighted by Crippen LogP contribution is 2.34. The van der Waals surface area contributed by atoms with E-state index in [1.165, 1.54) is 29.5 Å². The molecule has 1 aliphatic heterocycles. The first-order valence-electron chi connectivity index (χ1n) is 7.90. The topological polar surface area (TPSA) is 46.1 Å². The largest absolute Gasteiger partial charge is 0.342 e. The summed E-state index contributed by atoms with van der Waals surface area (Å²) in [5.41, 5.74) is 1.15. The van der Waals surface area contributed by atoms with E-state index in [0.29, 0.717) is 16.1 Å². The fraction of sp³-hybridized carbons (Fsp3) is 0.562. The highest BCUT2D eigenvalue weighted by molar-refractivity contribution is 7.99. The lowest BCUT2D eigenvalue weighted by Gasteiger charge is -2.19. The number of nitrogens with zero attached hydrogens (tertiary/aromatic N) is 3. The first kappa shape index (κ1) is 17.0. The summed E-state index contributed by atoms with van der Waals surface area (Å²) in [6, 6.07) is 0. The molecule has 0 aromatic carbocycles. The molecule has 2 aromatic heterocycles. The SMILES string of the molecule is Cc1sc2nc(SCC(=O)N3CCCCCC3)nc(Cl)c2c1C. The molecule has 4 nitrogen and oxygen atoms in total. The number of fused-ring (bicyclic) bond motifs is 1. The van der Waals surface area contributed by atoms with Crippen LogP contribution >= 0.6 is 34.7 Å². The second-order valence-electron chi connectivity index (χ2n) is 5.84. The number of thioether (sulfide) groups is 1. The van der Waals surface area contributed by atoms with Crippen LogP contribution in [0.5, 0.6) is 0 Å². The minimum atomic E-state index is 0.176. The Labute approximate surface area is 149 Å². The van der Waals surface area contributed by atoms with Crippen LogP contribution in [0.1, 0.15) is 36.1 Å². The van der Waals surface area contributed by atoms with Crippen molar-refractivity contribution in [1.82, 2.24) is 14.9 Å². The number of halogens is 1. The normalized spacial score (nSPS) is 15.9. The minimum Gasteiger partial charge on any atom is -0.342 e. The van der Waals surface area contributed by atoms with Crippen molar-refractivity contribution in [2.24, 2.45) is 0 Å². The van der Waals surface area contributed by atoms with Crippen LogP contribution in [0.3, 0.4) is 0 Å². The average molecular weight is 370 g/mol. The molecule has 7 heteroatoms. The van der Waals surface area contributed by atoms with Crippen molar-refractivity contribution < 1.29 is 4.79 Å². The minimum absolute atomic E-state index is 0.176. The van der Waals surface area contributed by atoms with Crippen LogP contribution in [-0.4, -0.2) is 39.6 Å². The number of hydrogen-bond donors (Lipinski definition) is 0. The predicted octanol–water partition coefficient (Wildman–Crippen LogP) is 4.46. The molecule has 0 N–H and O–H groups in total. The molecule has 124 valence electrons. The van der Waals surface area contributed by atoms with Crippen LogP contribution in [0, 0.1) is 13.8 Å². The van der Waals surface area contributed by atoms with Crippen molar-refractivity contribution in [3.63, 3.8) is 0 Å². The first-order valence-corrected chi connectivity index (χ1v) is 10.1. The molecule has 1 saturated heterocycles. The van der Waals surface area contributed by atoms with Gasteiger partial charge in [-0.05, 0) is 32.3 Å². The highest BCUT2D eigenvalue weighted by Gasteiger charge is 2.18. The van der Waals surface area contributed by atoms with Crippen molar-refractivity contribution in [2.75, 3.05) is 18.8 Å². The van der Waals surface area contributed by atoms with Crippen LogP contribution in [0.4, 0.5) is 0 Å². The Morgan fingerprint density at radius 2 is 1.91 bits per heavy atom. The summed E-state index contributed by atoms with van der Waals surface area (Å²) in [6.45, 7) is 5.86. The quantitative estimate of drug-likeness (QED) is 0.455. The molecule has 0 atom stereocenters. The van der Waals surface area contributed by atoms with Crippen LogP contribution in [0.15, 0.2) is 5.16 Å². The average Bonchev–Trinajstić information content (AvgIpc) is 2.73. The van der Waals surface area contributed by atoms with E-state index in [4.69, 9.17) is 11.6 Å². The molecule has 1 fully saturated rings. The molecule has 23 heavy (non-hydrogen) atoms. The second kappa shape index (κ2) is 7.36. The van der Waals surface area contributed by atoms with E-state index < -0.39 is 0 Å². The van der Waals surface area contributed by atoms with E-state index in [1.807, 2.05) is 11.8 Å². The van der Waals surface area contributed by atoms with Gasteiger partial charge in [0.25, 0.3) is 0 Å². The Bertz CT molecular complexity index is 724. The maximum atomic E-state index is 12.4. The number of rotatable bonds is 3. The van der Waals surface area contributed by atoms with E-state index in [-0.39, 0.29) is 5.91 Å². The number of aromatic nitrogens is 2. The van der Waals surface area contributed by atoms with Gasteiger partial charge in [-0.2, -0.15) is 0 Å².